The number of rotatable bonds is 6. The zero-order valence-electron chi connectivity index (χ0n) is 12.1. The maximum atomic E-state index is 13.2. The summed E-state index contributed by atoms with van der Waals surface area (Å²) >= 11 is 5.68. The topological polar surface area (TPSA) is 46.9 Å². The fourth-order valence-electron chi connectivity index (χ4n) is 2.08. The molecule has 1 aromatic carbocycles. The highest BCUT2D eigenvalue weighted by Gasteiger charge is 2.41. The number of halogens is 4. The number of benzene rings is 1. The highest BCUT2D eigenvalue weighted by molar-refractivity contribution is 6.30. The van der Waals surface area contributed by atoms with Crippen LogP contribution in [0.15, 0.2) is 43.0 Å². The zero-order valence-corrected chi connectivity index (χ0v) is 12.8. The van der Waals surface area contributed by atoms with E-state index < -0.39 is 18.1 Å². The van der Waals surface area contributed by atoms with E-state index in [2.05, 4.69) is 4.98 Å². The average Bonchev–Trinajstić information content (AvgIpc) is 2.98. The first-order valence-corrected chi connectivity index (χ1v) is 7.31. The van der Waals surface area contributed by atoms with Crippen molar-refractivity contribution in [3.8, 4) is 0 Å². The lowest BCUT2D eigenvalue weighted by atomic mass is 10.1. The summed E-state index contributed by atoms with van der Waals surface area (Å²) < 4.78 is 41.2. The maximum absolute atomic E-state index is 13.2. The number of alkyl halides is 3. The first-order chi connectivity index (χ1) is 10.9. The predicted octanol–water partition coefficient (Wildman–Crippen LogP) is 3.74. The second-order valence-electron chi connectivity index (χ2n) is 5.00. The highest BCUT2D eigenvalue weighted by Crippen LogP contribution is 2.33. The summed E-state index contributed by atoms with van der Waals surface area (Å²) in [5.74, 6) is -0.651. The summed E-state index contributed by atoms with van der Waals surface area (Å²) in [5.41, 5.74) is -0.0511. The Hall–Kier alpha value is -2.02. The minimum absolute atomic E-state index is 0.00164. The summed E-state index contributed by atoms with van der Waals surface area (Å²) in [4.78, 5) is 15.7. The number of amides is 1. The van der Waals surface area contributed by atoms with E-state index in [0.29, 0.717) is 18.0 Å². The van der Waals surface area contributed by atoms with Gasteiger partial charge in [-0.05, 0) is 24.1 Å². The van der Waals surface area contributed by atoms with Crippen molar-refractivity contribution in [2.75, 3.05) is 0 Å². The van der Waals surface area contributed by atoms with Crippen LogP contribution >= 0.6 is 11.6 Å². The molecule has 1 aromatic heterocycles. The summed E-state index contributed by atoms with van der Waals surface area (Å²) in [7, 11) is 0. The number of imidazole rings is 1. The van der Waals surface area contributed by atoms with E-state index >= 15 is 0 Å². The van der Waals surface area contributed by atoms with Gasteiger partial charge in [-0.3, -0.25) is 4.79 Å². The van der Waals surface area contributed by atoms with Crippen LogP contribution in [0.25, 0.3) is 0 Å². The molecule has 8 heteroatoms. The molecule has 2 rings (SSSR count). The number of carbonyl (C=O) groups excluding carboxylic acids is 1. The Morgan fingerprint density at radius 2 is 2.00 bits per heavy atom. The fourth-order valence-corrected chi connectivity index (χ4v) is 2.21. The SMILES string of the molecule is O=C(CCCn1ccnc1)N[C@H](c1ccc(Cl)cc1)C(F)(F)F. The van der Waals surface area contributed by atoms with Crippen molar-refractivity contribution < 1.29 is 18.0 Å². The van der Waals surface area contributed by atoms with Gasteiger partial charge in [0.1, 0.15) is 0 Å². The molecule has 4 nitrogen and oxygen atoms in total. The van der Waals surface area contributed by atoms with Crippen molar-refractivity contribution in [1.82, 2.24) is 14.9 Å². The number of hydrogen-bond acceptors (Lipinski definition) is 2. The molecule has 1 heterocycles. The van der Waals surface area contributed by atoms with Crippen LogP contribution in [0.2, 0.25) is 5.02 Å². The highest BCUT2D eigenvalue weighted by atomic mass is 35.5. The Bertz CT molecular complexity index is 626. The first-order valence-electron chi connectivity index (χ1n) is 6.93. The summed E-state index contributed by atoms with van der Waals surface area (Å²) in [6, 6.07) is 3.20. The Balaban J connectivity index is 1.94. The van der Waals surface area contributed by atoms with Crippen LogP contribution < -0.4 is 5.32 Å². The Kier molecular flexibility index (Phi) is 5.65. The molecular formula is C15H15ClF3N3O. The Morgan fingerprint density at radius 3 is 2.57 bits per heavy atom. The third-order valence-corrected chi connectivity index (χ3v) is 3.47. The van der Waals surface area contributed by atoms with Crippen LogP contribution in [0.1, 0.15) is 24.4 Å². The number of nitrogens with zero attached hydrogens (tertiary/aromatic N) is 2. The van der Waals surface area contributed by atoms with Crippen molar-refractivity contribution >= 4 is 17.5 Å². The molecule has 0 spiro atoms. The van der Waals surface area contributed by atoms with Gasteiger partial charge in [-0.2, -0.15) is 13.2 Å². The lowest BCUT2D eigenvalue weighted by Crippen LogP contribution is -2.38. The van der Waals surface area contributed by atoms with Gasteiger partial charge in [-0.25, -0.2) is 4.98 Å². The fraction of sp³-hybridized carbons (Fsp3) is 0.333. The first kappa shape index (κ1) is 17.3. The lowest BCUT2D eigenvalue weighted by Gasteiger charge is -2.22. The molecular weight excluding hydrogens is 331 g/mol. The molecule has 0 fully saturated rings. The van der Waals surface area contributed by atoms with Crippen molar-refractivity contribution in [2.24, 2.45) is 0 Å². The van der Waals surface area contributed by atoms with E-state index in [4.69, 9.17) is 11.6 Å². The molecule has 1 atom stereocenters. The maximum Gasteiger partial charge on any atom is 0.412 e. The van der Waals surface area contributed by atoms with E-state index in [0.717, 1.165) is 0 Å². The van der Waals surface area contributed by atoms with Crippen molar-refractivity contribution in [2.45, 2.75) is 31.6 Å². The molecule has 1 amide bonds. The third kappa shape index (κ3) is 5.28. The Labute approximate surface area is 136 Å². The summed E-state index contributed by atoms with van der Waals surface area (Å²) in [6.07, 6.45) is 0.758. The Morgan fingerprint density at radius 1 is 1.30 bits per heavy atom. The molecule has 124 valence electrons. The van der Waals surface area contributed by atoms with Gasteiger partial charge in [0.15, 0.2) is 6.04 Å². The molecule has 0 aliphatic carbocycles. The normalized spacial score (nSPS) is 12.9. The van der Waals surface area contributed by atoms with Crippen molar-refractivity contribution in [3.05, 3.63) is 53.6 Å². The third-order valence-electron chi connectivity index (χ3n) is 3.22. The number of hydrogen-bond donors (Lipinski definition) is 1. The monoisotopic (exact) mass is 345 g/mol. The standard InChI is InChI=1S/C15H15ClF3N3O/c16-12-5-3-11(4-6-12)14(15(17,18)19)21-13(23)2-1-8-22-9-7-20-10-22/h3-7,9-10,14H,1-2,8H2,(H,21,23)/t14-/m1/s1. The van der Waals surface area contributed by atoms with E-state index in [1.54, 1.807) is 23.3 Å². The molecule has 0 radical (unpaired) electrons. The van der Waals surface area contributed by atoms with E-state index in [1.807, 2.05) is 5.32 Å². The van der Waals surface area contributed by atoms with E-state index in [-0.39, 0.29) is 12.0 Å². The number of aromatic nitrogens is 2. The van der Waals surface area contributed by atoms with Crippen LogP contribution in [0.3, 0.4) is 0 Å². The lowest BCUT2D eigenvalue weighted by molar-refractivity contribution is -0.163. The second kappa shape index (κ2) is 7.50. The molecule has 0 aliphatic rings. The molecule has 23 heavy (non-hydrogen) atoms. The van der Waals surface area contributed by atoms with Gasteiger partial charge in [-0.15, -0.1) is 0 Å². The number of aryl methyl sites for hydroxylation is 1. The van der Waals surface area contributed by atoms with Crippen molar-refractivity contribution in [1.29, 1.82) is 0 Å². The van der Waals surface area contributed by atoms with Crippen molar-refractivity contribution in [3.63, 3.8) is 0 Å². The summed E-state index contributed by atoms with van der Waals surface area (Å²) in [6.45, 7) is 0.519. The van der Waals surface area contributed by atoms with Gasteiger partial charge in [0.2, 0.25) is 5.91 Å². The predicted molar refractivity (Wildman–Crippen MR) is 79.9 cm³/mol. The molecule has 1 N–H and O–H groups in total. The molecule has 0 unspecified atom stereocenters. The smallest absolute Gasteiger partial charge is 0.341 e. The van der Waals surface area contributed by atoms with Crippen LogP contribution in [-0.2, 0) is 11.3 Å². The molecule has 2 aromatic rings. The molecule has 0 saturated carbocycles. The van der Waals surface area contributed by atoms with Crippen LogP contribution in [-0.4, -0.2) is 21.6 Å². The molecule has 0 bridgehead atoms. The minimum atomic E-state index is -4.58. The van der Waals surface area contributed by atoms with Gasteiger partial charge in [0, 0.05) is 30.4 Å². The van der Waals surface area contributed by atoms with Crippen LogP contribution in [0, 0.1) is 0 Å². The number of carbonyl (C=O) groups is 1. The van der Waals surface area contributed by atoms with Crippen LogP contribution in [0.5, 0.6) is 0 Å². The van der Waals surface area contributed by atoms with Gasteiger partial charge >= 0.3 is 6.18 Å². The minimum Gasteiger partial charge on any atom is -0.341 e. The van der Waals surface area contributed by atoms with Gasteiger partial charge in [-0.1, -0.05) is 23.7 Å². The molecule has 0 aliphatic heterocycles. The summed E-state index contributed by atoms with van der Waals surface area (Å²) in [5, 5.41) is 2.38. The van der Waals surface area contributed by atoms with Gasteiger partial charge in [0.05, 0.1) is 6.33 Å². The largest absolute Gasteiger partial charge is 0.412 e. The zero-order chi connectivity index (χ0) is 16.9. The van der Waals surface area contributed by atoms with E-state index in [9.17, 15) is 18.0 Å². The number of nitrogens with one attached hydrogen (secondary N) is 1. The second-order valence-corrected chi connectivity index (χ2v) is 5.43. The van der Waals surface area contributed by atoms with E-state index in [1.165, 1.54) is 24.3 Å². The molecule has 0 saturated heterocycles. The average molecular weight is 346 g/mol. The quantitative estimate of drug-likeness (QED) is 0.867. The van der Waals surface area contributed by atoms with Gasteiger partial charge < -0.3 is 9.88 Å². The van der Waals surface area contributed by atoms with Gasteiger partial charge in [0.25, 0.3) is 0 Å². The van der Waals surface area contributed by atoms with Crippen LogP contribution in [0.4, 0.5) is 13.2 Å².